The van der Waals surface area contributed by atoms with Crippen LogP contribution in [-0.2, 0) is 22.7 Å². The lowest BCUT2D eigenvalue weighted by molar-refractivity contribution is -0.134. The summed E-state index contributed by atoms with van der Waals surface area (Å²) in [6, 6.07) is 15.8. The molecule has 2 aromatic carbocycles. The van der Waals surface area contributed by atoms with Crippen LogP contribution in [0, 0.1) is 5.82 Å². The molecule has 1 heterocycles. The molecule has 0 radical (unpaired) electrons. The summed E-state index contributed by atoms with van der Waals surface area (Å²) in [4.78, 5) is 28.8. The summed E-state index contributed by atoms with van der Waals surface area (Å²) >= 11 is 0. The minimum Gasteiger partial charge on any atom is -0.445 e. The van der Waals surface area contributed by atoms with Crippen LogP contribution in [0.25, 0.3) is 0 Å². The van der Waals surface area contributed by atoms with E-state index in [-0.39, 0.29) is 37.5 Å². The molecule has 2 amide bonds. The van der Waals surface area contributed by atoms with Crippen molar-refractivity contribution in [1.82, 2.24) is 15.1 Å². The highest BCUT2D eigenvalue weighted by molar-refractivity contribution is 5.82. The van der Waals surface area contributed by atoms with Crippen LogP contribution in [0.2, 0.25) is 0 Å². The van der Waals surface area contributed by atoms with Crippen molar-refractivity contribution in [1.29, 1.82) is 0 Å². The van der Waals surface area contributed by atoms with E-state index < -0.39 is 6.09 Å². The predicted octanol–water partition coefficient (Wildman–Crippen LogP) is 3.17. The Labute approximate surface area is 176 Å². The van der Waals surface area contributed by atoms with E-state index in [0.717, 1.165) is 31.5 Å². The molecular weight excluding hydrogens is 385 g/mol. The molecule has 7 heteroatoms. The van der Waals surface area contributed by atoms with Gasteiger partial charge in [0.2, 0.25) is 5.91 Å². The summed E-state index contributed by atoms with van der Waals surface area (Å²) in [5.74, 6) is -0.581. The Balaban J connectivity index is 1.58. The summed E-state index contributed by atoms with van der Waals surface area (Å²) in [6.45, 7) is 1.88. The second-order valence-corrected chi connectivity index (χ2v) is 7.56. The molecule has 3 rings (SSSR count). The van der Waals surface area contributed by atoms with Crippen molar-refractivity contribution in [2.24, 2.45) is 0 Å². The molecule has 1 aliphatic rings. The Morgan fingerprint density at radius 1 is 1.10 bits per heavy atom. The van der Waals surface area contributed by atoms with Gasteiger partial charge in [-0.3, -0.25) is 4.79 Å². The largest absolute Gasteiger partial charge is 0.445 e. The van der Waals surface area contributed by atoms with Crippen molar-refractivity contribution in [2.75, 3.05) is 26.7 Å². The van der Waals surface area contributed by atoms with E-state index in [0.29, 0.717) is 5.56 Å². The number of nitrogens with one attached hydrogen (secondary N) is 1. The molecule has 1 aliphatic heterocycles. The third-order valence-corrected chi connectivity index (χ3v) is 5.34. The zero-order chi connectivity index (χ0) is 21.3. The number of piperidine rings is 1. The maximum absolute atomic E-state index is 14.2. The van der Waals surface area contributed by atoms with Gasteiger partial charge in [0, 0.05) is 18.2 Å². The number of ether oxygens (including phenoxy) is 1. The molecule has 6 nitrogen and oxygen atoms in total. The first-order valence-corrected chi connectivity index (χ1v) is 10.2. The highest BCUT2D eigenvalue weighted by atomic mass is 19.1. The van der Waals surface area contributed by atoms with Gasteiger partial charge < -0.3 is 19.9 Å². The first kappa shape index (κ1) is 21.8. The van der Waals surface area contributed by atoms with Crippen molar-refractivity contribution in [3.63, 3.8) is 0 Å². The number of hydrogen-bond donors (Lipinski definition) is 1. The lowest BCUT2D eigenvalue weighted by Gasteiger charge is -2.37. The smallest absolute Gasteiger partial charge is 0.407 e. The van der Waals surface area contributed by atoms with Gasteiger partial charge in [0.15, 0.2) is 0 Å². The average Bonchev–Trinajstić information content (AvgIpc) is 2.77. The number of halogens is 1. The highest BCUT2D eigenvalue weighted by Gasteiger charge is 2.28. The molecule has 0 aliphatic carbocycles. The van der Waals surface area contributed by atoms with Crippen LogP contribution >= 0.6 is 0 Å². The van der Waals surface area contributed by atoms with Crippen molar-refractivity contribution < 1.29 is 18.7 Å². The Morgan fingerprint density at radius 2 is 1.77 bits per heavy atom. The van der Waals surface area contributed by atoms with Crippen LogP contribution in [-0.4, -0.2) is 54.5 Å². The highest BCUT2D eigenvalue weighted by Crippen LogP contribution is 2.20. The summed E-state index contributed by atoms with van der Waals surface area (Å²) in [5, 5.41) is 2.52. The Hall–Kier alpha value is -2.93. The maximum Gasteiger partial charge on any atom is 0.407 e. The van der Waals surface area contributed by atoms with Crippen LogP contribution in [0.15, 0.2) is 54.6 Å². The van der Waals surface area contributed by atoms with E-state index in [2.05, 4.69) is 10.2 Å². The van der Waals surface area contributed by atoms with Crippen LogP contribution in [0.4, 0.5) is 9.18 Å². The van der Waals surface area contributed by atoms with Gasteiger partial charge in [0.1, 0.15) is 19.0 Å². The normalized spacial score (nSPS) is 14.9. The van der Waals surface area contributed by atoms with E-state index in [9.17, 15) is 14.0 Å². The number of carbonyl (C=O) groups is 2. The second kappa shape index (κ2) is 10.7. The molecule has 2 aromatic rings. The zero-order valence-corrected chi connectivity index (χ0v) is 17.2. The van der Waals surface area contributed by atoms with Gasteiger partial charge in [-0.2, -0.15) is 0 Å². The molecule has 0 bridgehead atoms. The Bertz CT molecular complexity index is 839. The molecule has 1 saturated heterocycles. The third kappa shape index (κ3) is 6.29. The van der Waals surface area contributed by atoms with Gasteiger partial charge in [0.05, 0.1) is 0 Å². The van der Waals surface area contributed by atoms with Crippen molar-refractivity contribution in [3.8, 4) is 0 Å². The third-order valence-electron chi connectivity index (χ3n) is 5.34. The number of carbonyl (C=O) groups excluding carboxylic acids is 2. The van der Waals surface area contributed by atoms with Gasteiger partial charge >= 0.3 is 6.09 Å². The van der Waals surface area contributed by atoms with E-state index in [1.54, 1.807) is 23.1 Å². The van der Waals surface area contributed by atoms with E-state index >= 15 is 0 Å². The molecule has 30 heavy (non-hydrogen) atoms. The Morgan fingerprint density at radius 3 is 2.47 bits per heavy atom. The molecule has 0 saturated carbocycles. The molecule has 0 atom stereocenters. The maximum atomic E-state index is 14.2. The van der Waals surface area contributed by atoms with Crippen LogP contribution in [0.3, 0.4) is 0 Å². The molecular formula is C23H28FN3O3. The van der Waals surface area contributed by atoms with Gasteiger partial charge in [-0.25, -0.2) is 9.18 Å². The fraction of sp³-hybridized carbons (Fsp3) is 0.391. The van der Waals surface area contributed by atoms with Gasteiger partial charge in [-0.1, -0.05) is 48.5 Å². The van der Waals surface area contributed by atoms with Crippen molar-refractivity contribution in [3.05, 3.63) is 71.5 Å². The number of rotatable bonds is 7. The fourth-order valence-electron chi connectivity index (χ4n) is 3.56. The number of nitrogens with zero attached hydrogens (tertiary/aromatic N) is 2. The average molecular weight is 413 g/mol. The minimum atomic E-state index is -0.651. The Kier molecular flexibility index (Phi) is 7.79. The molecule has 1 fully saturated rings. The van der Waals surface area contributed by atoms with Crippen molar-refractivity contribution in [2.45, 2.75) is 32.0 Å². The molecule has 0 unspecified atom stereocenters. The molecule has 160 valence electrons. The standard InChI is InChI=1S/C23H28FN3O3/c1-26-13-11-20(12-14-26)27(16-19-9-5-6-10-21(19)24)22(28)15-25-23(29)30-17-18-7-3-2-4-8-18/h2-10,20H,11-17H2,1H3,(H,25,29). The van der Waals surface area contributed by atoms with E-state index in [4.69, 9.17) is 4.74 Å². The first-order chi connectivity index (χ1) is 14.5. The number of benzene rings is 2. The summed E-state index contributed by atoms with van der Waals surface area (Å²) < 4.78 is 19.4. The topological polar surface area (TPSA) is 61.9 Å². The first-order valence-electron chi connectivity index (χ1n) is 10.2. The number of alkyl carbamates (subject to hydrolysis) is 1. The number of hydrogen-bond acceptors (Lipinski definition) is 4. The summed E-state index contributed by atoms with van der Waals surface area (Å²) in [6.07, 6.45) is 0.978. The summed E-state index contributed by atoms with van der Waals surface area (Å²) in [7, 11) is 2.05. The van der Waals surface area contributed by atoms with Gasteiger partial charge in [-0.15, -0.1) is 0 Å². The molecule has 0 aromatic heterocycles. The van der Waals surface area contributed by atoms with E-state index in [1.807, 2.05) is 37.4 Å². The monoisotopic (exact) mass is 413 g/mol. The fourth-order valence-corrected chi connectivity index (χ4v) is 3.56. The van der Waals surface area contributed by atoms with Gasteiger partial charge in [-0.05, 0) is 44.6 Å². The second-order valence-electron chi connectivity index (χ2n) is 7.56. The van der Waals surface area contributed by atoms with Crippen molar-refractivity contribution >= 4 is 12.0 Å². The molecule has 1 N–H and O–H groups in total. The molecule has 0 spiro atoms. The quantitative estimate of drug-likeness (QED) is 0.757. The van der Waals surface area contributed by atoms with Crippen LogP contribution in [0.5, 0.6) is 0 Å². The van der Waals surface area contributed by atoms with E-state index in [1.165, 1.54) is 6.07 Å². The SMILES string of the molecule is CN1CCC(N(Cc2ccccc2F)C(=O)CNC(=O)OCc2ccccc2)CC1. The minimum absolute atomic E-state index is 0.00967. The van der Waals surface area contributed by atoms with Crippen LogP contribution in [0.1, 0.15) is 24.0 Å². The lowest BCUT2D eigenvalue weighted by Crippen LogP contribution is -2.49. The van der Waals surface area contributed by atoms with Crippen LogP contribution < -0.4 is 5.32 Å². The summed E-state index contributed by atoms with van der Waals surface area (Å²) in [5.41, 5.74) is 1.34. The predicted molar refractivity (Wildman–Crippen MR) is 112 cm³/mol. The lowest BCUT2D eigenvalue weighted by atomic mass is 10.0. The zero-order valence-electron chi connectivity index (χ0n) is 17.2. The number of likely N-dealkylation sites (tertiary alicyclic amines) is 1. The van der Waals surface area contributed by atoms with Gasteiger partial charge in [0.25, 0.3) is 0 Å². The number of amides is 2.